The molecule has 0 spiro atoms. The fourth-order valence-corrected chi connectivity index (χ4v) is 3.50. The van der Waals surface area contributed by atoms with E-state index in [1.54, 1.807) is 20.8 Å². The van der Waals surface area contributed by atoms with Crippen LogP contribution in [0.2, 0.25) is 0 Å². The van der Waals surface area contributed by atoms with Crippen molar-refractivity contribution in [3.63, 3.8) is 0 Å². The Kier molecular flexibility index (Phi) is 6.40. The van der Waals surface area contributed by atoms with Crippen molar-refractivity contribution < 1.29 is 31.7 Å². The third kappa shape index (κ3) is 5.42. The summed E-state index contributed by atoms with van der Waals surface area (Å²) >= 11 is 0. The largest absolute Gasteiger partial charge is 0.467 e. The molecule has 0 bridgehead atoms. The van der Waals surface area contributed by atoms with Gasteiger partial charge in [-0.2, -0.15) is 8.42 Å². The van der Waals surface area contributed by atoms with E-state index in [1.807, 2.05) is 0 Å². The molecule has 0 heterocycles. The Labute approximate surface area is 143 Å². The predicted octanol–water partition coefficient (Wildman–Crippen LogP) is 0.734. The standard InChI is InChI=1S/C15H27NO7S/c1-14(2,3)22-13(18)15(16,12(17)21-4)10-6-8-11(9-7-10)23-24(5,19)20/h10-11H,6-9,16H2,1-5H3/t10?,11?,15-/m1/s1. The Morgan fingerprint density at radius 1 is 1.04 bits per heavy atom. The molecule has 140 valence electrons. The number of rotatable bonds is 5. The van der Waals surface area contributed by atoms with E-state index in [2.05, 4.69) is 0 Å². The first kappa shape index (κ1) is 20.9. The summed E-state index contributed by atoms with van der Waals surface area (Å²) in [5.41, 5.74) is 3.42. The Bertz CT molecular complexity index is 573. The Balaban J connectivity index is 2.91. The van der Waals surface area contributed by atoms with E-state index in [0.29, 0.717) is 25.7 Å². The van der Waals surface area contributed by atoms with Gasteiger partial charge in [0.05, 0.1) is 19.5 Å². The zero-order chi connectivity index (χ0) is 18.8. The van der Waals surface area contributed by atoms with E-state index >= 15 is 0 Å². The molecular weight excluding hydrogens is 338 g/mol. The second kappa shape index (κ2) is 7.37. The van der Waals surface area contributed by atoms with E-state index in [9.17, 15) is 18.0 Å². The van der Waals surface area contributed by atoms with E-state index in [0.717, 1.165) is 13.4 Å². The molecule has 24 heavy (non-hydrogen) atoms. The molecule has 8 nitrogen and oxygen atoms in total. The van der Waals surface area contributed by atoms with Gasteiger partial charge in [0.1, 0.15) is 5.60 Å². The number of hydrogen-bond acceptors (Lipinski definition) is 8. The molecule has 9 heteroatoms. The molecule has 0 aromatic heterocycles. The number of carbonyl (C=O) groups excluding carboxylic acids is 2. The average Bonchev–Trinajstić information content (AvgIpc) is 2.42. The van der Waals surface area contributed by atoms with Crippen LogP contribution in [0.5, 0.6) is 0 Å². The fraction of sp³-hybridized carbons (Fsp3) is 0.867. The van der Waals surface area contributed by atoms with Gasteiger partial charge in [-0.25, -0.2) is 9.59 Å². The highest BCUT2D eigenvalue weighted by molar-refractivity contribution is 7.86. The maximum atomic E-state index is 12.5. The average molecular weight is 365 g/mol. The van der Waals surface area contributed by atoms with Crippen molar-refractivity contribution in [2.45, 2.75) is 63.7 Å². The van der Waals surface area contributed by atoms with E-state index < -0.39 is 45.2 Å². The summed E-state index contributed by atoms with van der Waals surface area (Å²) in [5.74, 6) is -2.21. The minimum absolute atomic E-state index is 0.352. The summed E-state index contributed by atoms with van der Waals surface area (Å²) in [6, 6.07) is 0. The van der Waals surface area contributed by atoms with E-state index in [4.69, 9.17) is 19.4 Å². The number of carbonyl (C=O) groups is 2. The summed E-state index contributed by atoms with van der Waals surface area (Å²) in [6.45, 7) is 5.04. The number of nitrogens with two attached hydrogens (primary N) is 1. The van der Waals surface area contributed by atoms with Crippen molar-refractivity contribution in [2.75, 3.05) is 13.4 Å². The number of esters is 2. The van der Waals surface area contributed by atoms with Crippen molar-refractivity contribution in [2.24, 2.45) is 11.7 Å². The Hall–Kier alpha value is -1.19. The maximum Gasteiger partial charge on any atom is 0.338 e. The highest BCUT2D eigenvalue weighted by Gasteiger charge is 2.53. The summed E-state index contributed by atoms with van der Waals surface area (Å²) in [7, 11) is -2.39. The van der Waals surface area contributed by atoms with Crippen LogP contribution in [-0.2, 0) is 33.4 Å². The quantitative estimate of drug-likeness (QED) is 0.430. The number of ether oxygens (including phenoxy) is 2. The summed E-state index contributed by atoms with van der Waals surface area (Å²) in [5, 5.41) is 0. The normalized spacial score (nSPS) is 24.8. The highest BCUT2D eigenvalue weighted by Crippen LogP contribution is 2.35. The smallest absolute Gasteiger partial charge is 0.338 e. The van der Waals surface area contributed by atoms with Gasteiger partial charge in [-0.3, -0.25) is 4.18 Å². The van der Waals surface area contributed by atoms with Gasteiger partial charge in [-0.1, -0.05) is 0 Å². The molecule has 0 aromatic rings. The molecular formula is C15H27NO7S. The summed E-state index contributed by atoms with van der Waals surface area (Å²) in [6.07, 6.45) is 1.96. The molecule has 1 saturated carbocycles. The lowest BCUT2D eigenvalue weighted by atomic mass is 9.74. The number of hydrogen-bond donors (Lipinski definition) is 1. The second-order valence-corrected chi connectivity index (χ2v) is 8.74. The molecule has 0 saturated heterocycles. The van der Waals surface area contributed by atoms with Crippen LogP contribution < -0.4 is 5.73 Å². The van der Waals surface area contributed by atoms with Gasteiger partial charge >= 0.3 is 11.9 Å². The van der Waals surface area contributed by atoms with Crippen LogP contribution in [-0.4, -0.2) is 51.0 Å². The second-order valence-electron chi connectivity index (χ2n) is 7.14. The molecule has 0 unspecified atom stereocenters. The molecule has 2 N–H and O–H groups in total. The highest BCUT2D eigenvalue weighted by atomic mass is 32.2. The number of methoxy groups -OCH3 is 1. The van der Waals surface area contributed by atoms with Crippen LogP contribution in [0.15, 0.2) is 0 Å². The van der Waals surface area contributed by atoms with Gasteiger partial charge < -0.3 is 15.2 Å². The minimum Gasteiger partial charge on any atom is -0.467 e. The zero-order valence-electron chi connectivity index (χ0n) is 14.8. The lowest BCUT2D eigenvalue weighted by Crippen LogP contribution is -2.63. The van der Waals surface area contributed by atoms with Crippen LogP contribution in [0.1, 0.15) is 46.5 Å². The molecule has 1 aliphatic rings. The third-order valence-electron chi connectivity index (χ3n) is 3.89. The molecule has 1 rings (SSSR count). The third-order valence-corrected chi connectivity index (χ3v) is 4.51. The van der Waals surface area contributed by atoms with Gasteiger partial charge in [0.15, 0.2) is 0 Å². The van der Waals surface area contributed by atoms with Gasteiger partial charge in [0, 0.05) is 0 Å². The van der Waals surface area contributed by atoms with Crippen molar-refractivity contribution in [3.8, 4) is 0 Å². The summed E-state index contributed by atoms with van der Waals surface area (Å²) in [4.78, 5) is 24.7. The monoisotopic (exact) mass is 365 g/mol. The van der Waals surface area contributed by atoms with Crippen molar-refractivity contribution >= 4 is 22.1 Å². The lowest BCUT2D eigenvalue weighted by molar-refractivity contribution is -0.174. The SMILES string of the molecule is COC(=O)[C@@](N)(C(=O)OC(C)(C)C)C1CCC(OS(C)(=O)=O)CC1. The topological polar surface area (TPSA) is 122 Å². The van der Waals surface area contributed by atoms with Crippen LogP contribution in [0.25, 0.3) is 0 Å². The van der Waals surface area contributed by atoms with Crippen molar-refractivity contribution in [1.29, 1.82) is 0 Å². The van der Waals surface area contributed by atoms with Gasteiger partial charge in [0.2, 0.25) is 5.54 Å². The fourth-order valence-electron chi connectivity index (χ4n) is 2.81. The molecule has 1 atom stereocenters. The van der Waals surface area contributed by atoms with Crippen LogP contribution in [0.3, 0.4) is 0 Å². The minimum atomic E-state index is -3.55. The molecule has 1 aliphatic carbocycles. The van der Waals surface area contributed by atoms with Crippen molar-refractivity contribution in [3.05, 3.63) is 0 Å². The van der Waals surface area contributed by atoms with Crippen molar-refractivity contribution in [1.82, 2.24) is 0 Å². The van der Waals surface area contributed by atoms with Gasteiger partial charge in [0.25, 0.3) is 10.1 Å². The first-order valence-corrected chi connectivity index (χ1v) is 9.60. The molecule has 0 amide bonds. The maximum absolute atomic E-state index is 12.5. The molecule has 0 radical (unpaired) electrons. The molecule has 0 aromatic carbocycles. The lowest BCUT2D eigenvalue weighted by Gasteiger charge is -2.38. The van der Waals surface area contributed by atoms with Gasteiger partial charge in [-0.05, 0) is 52.4 Å². The first-order chi connectivity index (χ1) is 10.8. The van der Waals surface area contributed by atoms with Gasteiger partial charge in [-0.15, -0.1) is 0 Å². The molecule has 1 fully saturated rings. The molecule has 0 aliphatic heterocycles. The summed E-state index contributed by atoms with van der Waals surface area (Å²) < 4.78 is 37.4. The Morgan fingerprint density at radius 3 is 1.92 bits per heavy atom. The Morgan fingerprint density at radius 2 is 1.54 bits per heavy atom. The van der Waals surface area contributed by atoms with Crippen LogP contribution >= 0.6 is 0 Å². The van der Waals surface area contributed by atoms with E-state index in [-0.39, 0.29) is 0 Å². The zero-order valence-corrected chi connectivity index (χ0v) is 15.6. The first-order valence-electron chi connectivity index (χ1n) is 7.78. The van der Waals surface area contributed by atoms with Crippen LogP contribution in [0.4, 0.5) is 0 Å². The van der Waals surface area contributed by atoms with Crippen LogP contribution in [0, 0.1) is 5.92 Å². The predicted molar refractivity (Wildman–Crippen MR) is 86.5 cm³/mol. The van der Waals surface area contributed by atoms with E-state index in [1.165, 1.54) is 0 Å².